The largest absolute Gasteiger partial charge is 0.338 e. The fourth-order valence-electron chi connectivity index (χ4n) is 3.26. The van der Waals surface area contributed by atoms with E-state index in [-0.39, 0.29) is 5.69 Å². The number of amidine groups is 1. The highest BCUT2D eigenvalue weighted by atomic mass is 16.6. The van der Waals surface area contributed by atoms with E-state index >= 15 is 0 Å². The lowest BCUT2D eigenvalue weighted by molar-refractivity contribution is -0.384. The standard InChI is InChI=1S/C21H24N8O2/c1-15-13-19(22-14-15)24-20-23-18(8-5-16-3-6-17(7-4-16)29(30)31)25-21(26-20)28-11-9-27(2)10-12-28/h3-8,13H,9-12,14H2,1-2H3,(H,22,23,24,25,26)/b8-5+. The first kappa shape index (κ1) is 20.6. The Labute approximate surface area is 180 Å². The molecule has 4 rings (SSSR count). The summed E-state index contributed by atoms with van der Waals surface area (Å²) in [7, 11) is 2.10. The topological polar surface area (TPSA) is 113 Å². The number of anilines is 2. The van der Waals surface area contributed by atoms with Gasteiger partial charge in [-0.15, -0.1) is 0 Å². The highest BCUT2D eigenvalue weighted by molar-refractivity contribution is 6.04. The Kier molecular flexibility index (Phi) is 5.99. The lowest BCUT2D eigenvalue weighted by Crippen LogP contribution is -2.45. The smallest absolute Gasteiger partial charge is 0.269 e. The third-order valence-electron chi connectivity index (χ3n) is 5.08. The second-order valence-electron chi connectivity index (χ2n) is 7.61. The van der Waals surface area contributed by atoms with Crippen molar-refractivity contribution in [3.05, 3.63) is 57.4 Å². The van der Waals surface area contributed by atoms with E-state index in [4.69, 9.17) is 0 Å². The van der Waals surface area contributed by atoms with Crippen molar-refractivity contribution in [2.24, 2.45) is 4.99 Å². The van der Waals surface area contributed by atoms with Gasteiger partial charge in [0.25, 0.3) is 5.69 Å². The average Bonchev–Trinajstić information content (AvgIpc) is 3.17. The SMILES string of the molecule is CC1=CC(Nc2nc(/C=C/c3ccc([N+](=O)[O-])cc3)nc(N3CCN(C)CC3)n2)=NC1. The van der Waals surface area contributed by atoms with Gasteiger partial charge in [-0.25, -0.2) is 0 Å². The Morgan fingerprint density at radius 3 is 2.45 bits per heavy atom. The number of hydrogen-bond acceptors (Lipinski definition) is 9. The molecule has 1 saturated heterocycles. The summed E-state index contributed by atoms with van der Waals surface area (Å²) in [5, 5.41) is 14.0. The van der Waals surface area contributed by atoms with Crippen LogP contribution in [0.15, 0.2) is 40.9 Å². The fourth-order valence-corrected chi connectivity index (χ4v) is 3.26. The van der Waals surface area contributed by atoms with Crippen LogP contribution in [0.2, 0.25) is 0 Å². The van der Waals surface area contributed by atoms with Crippen LogP contribution in [0.1, 0.15) is 18.3 Å². The Balaban J connectivity index is 1.59. The second-order valence-corrected chi connectivity index (χ2v) is 7.61. The molecule has 10 nitrogen and oxygen atoms in total. The number of nitro benzene ring substituents is 1. The summed E-state index contributed by atoms with van der Waals surface area (Å²) < 4.78 is 0. The molecule has 0 saturated carbocycles. The number of nitro groups is 1. The molecular weight excluding hydrogens is 396 g/mol. The molecule has 10 heteroatoms. The maximum Gasteiger partial charge on any atom is 0.269 e. The zero-order chi connectivity index (χ0) is 21.8. The molecule has 3 heterocycles. The summed E-state index contributed by atoms with van der Waals surface area (Å²) in [6.45, 7) is 6.26. The Morgan fingerprint density at radius 1 is 1.06 bits per heavy atom. The minimum atomic E-state index is -0.415. The lowest BCUT2D eigenvalue weighted by atomic mass is 10.2. The van der Waals surface area contributed by atoms with E-state index in [9.17, 15) is 10.1 Å². The molecule has 0 amide bonds. The number of aliphatic imine (C=N–C) groups is 1. The van der Waals surface area contributed by atoms with Crippen molar-refractivity contribution >= 4 is 35.6 Å². The molecule has 2 aliphatic rings. The van der Waals surface area contributed by atoms with E-state index in [1.54, 1.807) is 18.2 Å². The minimum Gasteiger partial charge on any atom is -0.338 e. The van der Waals surface area contributed by atoms with Crippen molar-refractivity contribution < 1.29 is 4.92 Å². The zero-order valence-corrected chi connectivity index (χ0v) is 17.5. The molecule has 0 aliphatic carbocycles. The van der Waals surface area contributed by atoms with E-state index in [0.717, 1.165) is 37.6 Å². The number of hydrogen-bond donors (Lipinski definition) is 1. The normalized spacial score (nSPS) is 17.0. The first-order chi connectivity index (χ1) is 15.0. The van der Waals surface area contributed by atoms with Gasteiger partial charge in [-0.05, 0) is 49.4 Å². The monoisotopic (exact) mass is 420 g/mol. The van der Waals surface area contributed by atoms with Crippen LogP contribution in [0.25, 0.3) is 12.2 Å². The summed E-state index contributed by atoms with van der Waals surface area (Å²) in [4.78, 5) is 33.0. The summed E-state index contributed by atoms with van der Waals surface area (Å²) in [5.41, 5.74) is 2.05. The highest BCUT2D eigenvalue weighted by Gasteiger charge is 2.18. The molecular formula is C21H24N8O2. The molecule has 1 fully saturated rings. The molecule has 0 spiro atoms. The first-order valence-corrected chi connectivity index (χ1v) is 10.1. The Bertz CT molecular complexity index is 1050. The van der Waals surface area contributed by atoms with E-state index in [1.165, 1.54) is 17.7 Å². The number of piperazine rings is 1. The van der Waals surface area contributed by atoms with Crippen LogP contribution in [0, 0.1) is 10.1 Å². The second kappa shape index (κ2) is 9.00. The van der Waals surface area contributed by atoms with Gasteiger partial charge in [0.2, 0.25) is 11.9 Å². The molecule has 0 unspecified atom stereocenters. The van der Waals surface area contributed by atoms with Crippen LogP contribution in [0.3, 0.4) is 0 Å². The Hall–Kier alpha value is -3.66. The van der Waals surface area contributed by atoms with Crippen molar-refractivity contribution in [2.45, 2.75) is 6.92 Å². The first-order valence-electron chi connectivity index (χ1n) is 10.1. The van der Waals surface area contributed by atoms with Gasteiger partial charge in [0.15, 0.2) is 5.82 Å². The molecule has 1 aromatic carbocycles. The maximum atomic E-state index is 10.8. The molecule has 2 aliphatic heterocycles. The number of likely N-dealkylation sites (N-methyl/N-ethyl adjacent to an activating group) is 1. The molecule has 160 valence electrons. The van der Waals surface area contributed by atoms with Crippen molar-refractivity contribution in [3.63, 3.8) is 0 Å². The lowest BCUT2D eigenvalue weighted by Gasteiger charge is -2.32. The molecule has 31 heavy (non-hydrogen) atoms. The third kappa shape index (κ3) is 5.28. The van der Waals surface area contributed by atoms with Crippen molar-refractivity contribution in [3.8, 4) is 0 Å². The van der Waals surface area contributed by atoms with Crippen molar-refractivity contribution in [1.82, 2.24) is 19.9 Å². The quantitative estimate of drug-likeness (QED) is 0.580. The summed E-state index contributed by atoms with van der Waals surface area (Å²) >= 11 is 0. The zero-order valence-electron chi connectivity index (χ0n) is 17.5. The molecule has 0 bridgehead atoms. The number of benzene rings is 1. The van der Waals surface area contributed by atoms with Gasteiger partial charge >= 0.3 is 0 Å². The summed E-state index contributed by atoms with van der Waals surface area (Å²) in [5.74, 6) is 2.30. The van der Waals surface area contributed by atoms with Gasteiger partial charge in [-0.3, -0.25) is 15.1 Å². The van der Waals surface area contributed by atoms with Crippen LogP contribution in [0.5, 0.6) is 0 Å². The van der Waals surface area contributed by atoms with E-state index in [0.29, 0.717) is 24.3 Å². The van der Waals surface area contributed by atoms with Crippen molar-refractivity contribution in [1.29, 1.82) is 0 Å². The summed E-state index contributed by atoms with van der Waals surface area (Å²) in [6.07, 6.45) is 5.59. The van der Waals surface area contributed by atoms with E-state index in [2.05, 4.69) is 42.1 Å². The van der Waals surface area contributed by atoms with Gasteiger partial charge in [0.05, 0.1) is 11.5 Å². The third-order valence-corrected chi connectivity index (χ3v) is 5.08. The molecule has 1 aromatic heterocycles. The number of nitrogens with one attached hydrogen (secondary N) is 1. The van der Waals surface area contributed by atoms with Gasteiger partial charge in [-0.2, -0.15) is 15.0 Å². The van der Waals surface area contributed by atoms with Gasteiger partial charge in [0.1, 0.15) is 5.84 Å². The van der Waals surface area contributed by atoms with E-state index < -0.39 is 4.92 Å². The minimum absolute atomic E-state index is 0.0573. The number of aromatic nitrogens is 3. The number of non-ortho nitro benzene ring substituents is 1. The predicted octanol–water partition coefficient (Wildman–Crippen LogP) is 2.47. The van der Waals surface area contributed by atoms with Crippen LogP contribution in [-0.2, 0) is 0 Å². The fraction of sp³-hybridized carbons (Fsp3) is 0.333. The van der Waals surface area contributed by atoms with Gasteiger partial charge in [0, 0.05) is 38.3 Å². The number of rotatable bonds is 5. The molecule has 0 atom stereocenters. The van der Waals surface area contributed by atoms with Gasteiger partial charge < -0.3 is 15.1 Å². The number of nitrogens with zero attached hydrogens (tertiary/aromatic N) is 7. The average molecular weight is 420 g/mol. The highest BCUT2D eigenvalue weighted by Crippen LogP contribution is 2.17. The van der Waals surface area contributed by atoms with Gasteiger partial charge in [-0.1, -0.05) is 6.08 Å². The van der Waals surface area contributed by atoms with Crippen molar-refractivity contribution in [2.75, 3.05) is 50.0 Å². The molecule has 0 radical (unpaired) electrons. The maximum absolute atomic E-state index is 10.8. The van der Waals surface area contributed by atoms with Crippen LogP contribution >= 0.6 is 0 Å². The molecule has 1 N–H and O–H groups in total. The van der Waals surface area contributed by atoms with Crippen LogP contribution < -0.4 is 10.2 Å². The van der Waals surface area contributed by atoms with E-state index in [1.807, 2.05) is 19.1 Å². The van der Waals surface area contributed by atoms with Crippen LogP contribution in [-0.4, -0.2) is 70.4 Å². The summed E-state index contributed by atoms with van der Waals surface area (Å²) in [6, 6.07) is 6.33. The van der Waals surface area contributed by atoms with Crippen LogP contribution in [0.4, 0.5) is 17.6 Å². The predicted molar refractivity (Wildman–Crippen MR) is 121 cm³/mol. The Morgan fingerprint density at radius 2 is 1.81 bits per heavy atom. The molecule has 2 aromatic rings.